The Bertz CT molecular complexity index is 592. The van der Waals surface area contributed by atoms with E-state index in [1.807, 2.05) is 0 Å². The molecule has 11 heteroatoms. The van der Waals surface area contributed by atoms with E-state index in [0.717, 1.165) is 0 Å². The van der Waals surface area contributed by atoms with E-state index in [0.29, 0.717) is 0 Å². The Kier molecular flexibility index (Phi) is 10.8. The van der Waals surface area contributed by atoms with E-state index in [1.165, 1.54) is 0 Å². The van der Waals surface area contributed by atoms with Crippen LogP contribution in [0.3, 0.4) is 0 Å². The van der Waals surface area contributed by atoms with Crippen LogP contribution in [-0.2, 0) is 24.0 Å². The molecular formula is C17H30N4O7. The van der Waals surface area contributed by atoms with E-state index < -0.39 is 66.7 Å². The highest BCUT2D eigenvalue weighted by Gasteiger charge is 2.29. The van der Waals surface area contributed by atoms with Crippen LogP contribution in [0.2, 0.25) is 0 Å². The first kappa shape index (κ1) is 25.3. The van der Waals surface area contributed by atoms with Gasteiger partial charge in [0.2, 0.25) is 17.7 Å². The Balaban J connectivity index is 4.97. The maximum absolute atomic E-state index is 12.4. The van der Waals surface area contributed by atoms with Crippen molar-refractivity contribution in [2.45, 2.75) is 58.7 Å². The van der Waals surface area contributed by atoms with Gasteiger partial charge in [0.15, 0.2) is 0 Å². The predicted octanol–water partition coefficient (Wildman–Crippen LogP) is -1.34. The van der Waals surface area contributed by atoms with Crippen LogP contribution in [0.5, 0.6) is 0 Å². The third kappa shape index (κ3) is 9.31. The van der Waals surface area contributed by atoms with Crippen LogP contribution in [0.15, 0.2) is 0 Å². The fraction of sp³-hybridized carbons (Fsp3) is 0.706. The van der Waals surface area contributed by atoms with E-state index in [2.05, 4.69) is 16.0 Å². The minimum absolute atomic E-state index is 0.138. The molecule has 0 saturated heterocycles. The van der Waals surface area contributed by atoms with Gasteiger partial charge in [0.25, 0.3) is 0 Å². The molecule has 0 rings (SSSR count). The topological polar surface area (TPSA) is 188 Å². The number of carbonyl (C=O) groups excluding carboxylic acids is 3. The molecule has 0 fully saturated rings. The van der Waals surface area contributed by atoms with Gasteiger partial charge in [-0.1, -0.05) is 27.7 Å². The second-order valence-corrected chi connectivity index (χ2v) is 7.11. The molecule has 0 spiro atoms. The molecule has 0 aliphatic carbocycles. The van der Waals surface area contributed by atoms with Gasteiger partial charge in [-0.15, -0.1) is 0 Å². The van der Waals surface area contributed by atoms with Crippen molar-refractivity contribution in [1.29, 1.82) is 0 Å². The lowest BCUT2D eigenvalue weighted by Crippen LogP contribution is -2.55. The Morgan fingerprint density at radius 3 is 1.89 bits per heavy atom. The number of aliphatic carboxylic acids is 2. The van der Waals surface area contributed by atoms with Gasteiger partial charge in [0.05, 0.1) is 12.6 Å². The highest BCUT2D eigenvalue weighted by Crippen LogP contribution is 2.05. The summed E-state index contributed by atoms with van der Waals surface area (Å²) in [4.78, 5) is 58.2. The first-order valence-corrected chi connectivity index (χ1v) is 8.94. The highest BCUT2D eigenvalue weighted by atomic mass is 16.4. The summed E-state index contributed by atoms with van der Waals surface area (Å²) in [5, 5.41) is 24.9. The molecule has 11 nitrogen and oxygen atoms in total. The summed E-state index contributed by atoms with van der Waals surface area (Å²) in [5.74, 6) is -5.08. The zero-order valence-corrected chi connectivity index (χ0v) is 16.5. The predicted molar refractivity (Wildman–Crippen MR) is 99.0 cm³/mol. The third-order valence-corrected chi connectivity index (χ3v) is 3.97. The monoisotopic (exact) mass is 402 g/mol. The molecule has 0 aliphatic rings. The van der Waals surface area contributed by atoms with Crippen molar-refractivity contribution < 1.29 is 34.2 Å². The van der Waals surface area contributed by atoms with E-state index >= 15 is 0 Å². The van der Waals surface area contributed by atoms with Gasteiger partial charge in [0.1, 0.15) is 12.1 Å². The number of hydrogen-bond acceptors (Lipinski definition) is 6. The minimum Gasteiger partial charge on any atom is -0.481 e. The van der Waals surface area contributed by atoms with Crippen molar-refractivity contribution in [2.24, 2.45) is 17.6 Å². The number of nitrogens with one attached hydrogen (secondary N) is 3. The largest absolute Gasteiger partial charge is 0.481 e. The molecule has 0 aliphatic heterocycles. The van der Waals surface area contributed by atoms with Gasteiger partial charge >= 0.3 is 11.9 Å². The van der Waals surface area contributed by atoms with Crippen molar-refractivity contribution in [3.05, 3.63) is 0 Å². The molecule has 0 bridgehead atoms. The lowest BCUT2D eigenvalue weighted by atomic mass is 10.0. The van der Waals surface area contributed by atoms with Crippen molar-refractivity contribution in [2.75, 3.05) is 6.54 Å². The average molecular weight is 402 g/mol. The molecule has 3 atom stereocenters. The highest BCUT2D eigenvalue weighted by molar-refractivity contribution is 5.92. The fourth-order valence-corrected chi connectivity index (χ4v) is 2.14. The van der Waals surface area contributed by atoms with Crippen LogP contribution < -0.4 is 21.7 Å². The van der Waals surface area contributed by atoms with Crippen molar-refractivity contribution in [3.8, 4) is 0 Å². The second kappa shape index (κ2) is 11.9. The van der Waals surface area contributed by atoms with Crippen LogP contribution in [0.1, 0.15) is 40.5 Å². The first-order chi connectivity index (χ1) is 12.9. The maximum Gasteiger partial charge on any atom is 0.326 e. The zero-order chi connectivity index (χ0) is 22.0. The van der Waals surface area contributed by atoms with Gasteiger partial charge in [-0.2, -0.15) is 0 Å². The number of hydrogen-bond donors (Lipinski definition) is 6. The molecule has 0 aromatic heterocycles. The Morgan fingerprint density at radius 2 is 1.46 bits per heavy atom. The third-order valence-electron chi connectivity index (χ3n) is 3.97. The Morgan fingerprint density at radius 1 is 0.893 bits per heavy atom. The average Bonchev–Trinajstić information content (AvgIpc) is 2.59. The SMILES string of the molecule is CC(C)C(N)C(=O)NCC(=O)NC(CCC(=O)O)C(=O)NC(C(=O)O)C(C)C. The lowest BCUT2D eigenvalue weighted by molar-refractivity contribution is -0.144. The zero-order valence-electron chi connectivity index (χ0n) is 16.5. The van der Waals surface area contributed by atoms with E-state index in [1.54, 1.807) is 27.7 Å². The van der Waals surface area contributed by atoms with Crippen LogP contribution in [0.25, 0.3) is 0 Å². The molecule has 3 amide bonds. The molecule has 0 saturated carbocycles. The number of rotatable bonds is 12. The van der Waals surface area contributed by atoms with E-state index in [4.69, 9.17) is 15.9 Å². The number of amides is 3. The van der Waals surface area contributed by atoms with Gasteiger partial charge in [0, 0.05) is 6.42 Å². The molecule has 7 N–H and O–H groups in total. The summed E-state index contributed by atoms with van der Waals surface area (Å²) >= 11 is 0. The minimum atomic E-state index is -1.26. The number of carboxylic acids is 2. The summed E-state index contributed by atoms with van der Waals surface area (Å²) in [6.45, 7) is 6.21. The van der Waals surface area contributed by atoms with Crippen LogP contribution in [0, 0.1) is 11.8 Å². The molecule has 3 unspecified atom stereocenters. The van der Waals surface area contributed by atoms with Crippen molar-refractivity contribution in [1.82, 2.24) is 16.0 Å². The van der Waals surface area contributed by atoms with Crippen molar-refractivity contribution >= 4 is 29.7 Å². The summed E-state index contributed by atoms with van der Waals surface area (Å²) < 4.78 is 0. The lowest BCUT2D eigenvalue weighted by Gasteiger charge is -2.23. The maximum atomic E-state index is 12.4. The van der Waals surface area contributed by atoms with Crippen LogP contribution in [-0.4, -0.2) is 64.5 Å². The van der Waals surface area contributed by atoms with Crippen molar-refractivity contribution in [3.63, 3.8) is 0 Å². The summed E-state index contributed by atoms with van der Waals surface area (Å²) in [6.07, 6.45) is -0.654. The standard InChI is InChI=1S/C17H30N4O7/c1-8(2)13(18)16(26)19-7-11(22)20-10(5-6-12(23)24)15(25)21-14(9(3)4)17(27)28/h8-10,13-14H,5-7,18H2,1-4H3,(H,19,26)(H,20,22)(H,21,25)(H,23,24)(H,27,28). The molecule has 0 heterocycles. The Hall–Kier alpha value is -2.69. The molecule has 160 valence electrons. The molecule has 0 radical (unpaired) electrons. The summed E-state index contributed by atoms with van der Waals surface area (Å²) in [7, 11) is 0. The van der Waals surface area contributed by atoms with E-state index in [9.17, 15) is 24.0 Å². The van der Waals surface area contributed by atoms with Gasteiger partial charge in [-0.25, -0.2) is 4.79 Å². The summed E-state index contributed by atoms with van der Waals surface area (Å²) in [5.41, 5.74) is 5.66. The summed E-state index contributed by atoms with van der Waals surface area (Å²) in [6, 6.07) is -3.26. The first-order valence-electron chi connectivity index (χ1n) is 8.94. The number of carbonyl (C=O) groups is 5. The molecular weight excluding hydrogens is 372 g/mol. The quantitative estimate of drug-likeness (QED) is 0.231. The van der Waals surface area contributed by atoms with Gasteiger partial charge in [-0.05, 0) is 18.3 Å². The fourth-order valence-electron chi connectivity index (χ4n) is 2.14. The van der Waals surface area contributed by atoms with Crippen LogP contribution >= 0.6 is 0 Å². The van der Waals surface area contributed by atoms with Gasteiger partial charge in [-0.3, -0.25) is 19.2 Å². The van der Waals surface area contributed by atoms with Crippen LogP contribution in [0.4, 0.5) is 0 Å². The molecule has 0 aromatic rings. The second-order valence-electron chi connectivity index (χ2n) is 7.11. The van der Waals surface area contributed by atoms with Gasteiger partial charge < -0.3 is 31.9 Å². The smallest absolute Gasteiger partial charge is 0.326 e. The Labute approximate surface area is 163 Å². The number of nitrogens with two attached hydrogens (primary N) is 1. The molecule has 28 heavy (non-hydrogen) atoms. The molecule has 0 aromatic carbocycles. The van der Waals surface area contributed by atoms with E-state index in [-0.39, 0.29) is 12.3 Å². The normalized spacial score (nSPS) is 14.1. The number of carboxylic acid groups (broad SMARTS) is 2.